The number of carbonyl (C=O) groups excluding carboxylic acids is 1. The van der Waals surface area contributed by atoms with E-state index in [1.54, 1.807) is 0 Å². The van der Waals surface area contributed by atoms with Crippen LogP contribution in [0.4, 0.5) is 0 Å². The van der Waals surface area contributed by atoms with Crippen molar-refractivity contribution < 1.29 is 9.53 Å². The lowest BCUT2D eigenvalue weighted by atomic mass is 9.99. The van der Waals surface area contributed by atoms with Gasteiger partial charge in [0.15, 0.2) is 0 Å². The summed E-state index contributed by atoms with van der Waals surface area (Å²) in [5, 5.41) is 0. The molecule has 0 aliphatic rings. The van der Waals surface area contributed by atoms with Crippen LogP contribution in [-0.2, 0) is 9.53 Å². The molecule has 0 unspecified atom stereocenters. The highest BCUT2D eigenvalue weighted by Crippen LogP contribution is 2.18. The molecule has 0 atom stereocenters. The number of carbonyl (C=O) groups is 1. The third-order valence-corrected chi connectivity index (χ3v) is 1.85. The molecule has 0 radical (unpaired) electrons. The maximum Gasteiger partial charge on any atom is 0.330 e. The van der Waals surface area contributed by atoms with E-state index in [4.69, 9.17) is 4.74 Å². The molecule has 0 fully saturated rings. The van der Waals surface area contributed by atoms with E-state index >= 15 is 0 Å². The first kappa shape index (κ1) is 13.9. The van der Waals surface area contributed by atoms with Gasteiger partial charge in [-0.15, -0.1) is 0 Å². The van der Waals surface area contributed by atoms with Gasteiger partial charge in [0.25, 0.3) is 0 Å². The molecule has 86 valence electrons. The number of hydrogen-bond donors (Lipinski definition) is 0. The van der Waals surface area contributed by atoms with Crippen molar-refractivity contribution in [2.24, 2.45) is 5.92 Å². The van der Waals surface area contributed by atoms with Crippen molar-refractivity contribution in [3.05, 3.63) is 24.3 Å². The molecule has 15 heavy (non-hydrogen) atoms. The van der Waals surface area contributed by atoms with Crippen LogP contribution in [0, 0.1) is 5.92 Å². The fourth-order valence-electron chi connectivity index (χ4n) is 1.63. The molecule has 0 rings (SSSR count). The predicted molar refractivity (Wildman–Crippen MR) is 63.6 cm³/mol. The Morgan fingerprint density at radius 3 is 2.40 bits per heavy atom. The third-order valence-electron chi connectivity index (χ3n) is 1.85. The minimum Gasteiger partial charge on any atom is -0.452 e. The third kappa shape index (κ3) is 6.95. The smallest absolute Gasteiger partial charge is 0.330 e. The Balaban J connectivity index is 4.46. The second-order valence-electron chi connectivity index (χ2n) is 4.82. The normalized spacial score (nSPS) is 12.8. The highest BCUT2D eigenvalue weighted by Gasteiger charge is 2.18. The Labute approximate surface area is 93.0 Å². The maximum atomic E-state index is 11.1. The number of ether oxygens (including phenoxy) is 1. The van der Waals surface area contributed by atoms with Crippen molar-refractivity contribution in [1.29, 1.82) is 0 Å². The number of esters is 1. The van der Waals surface area contributed by atoms with Gasteiger partial charge < -0.3 is 4.74 Å². The van der Waals surface area contributed by atoms with E-state index < -0.39 is 5.60 Å². The van der Waals surface area contributed by atoms with Gasteiger partial charge in [-0.3, -0.25) is 0 Å². The van der Waals surface area contributed by atoms with Gasteiger partial charge in [0, 0.05) is 6.08 Å². The zero-order valence-electron chi connectivity index (χ0n) is 10.5. The van der Waals surface area contributed by atoms with E-state index in [1.165, 1.54) is 11.6 Å². The number of allylic oxidation sites excluding steroid dienone is 1. The fourth-order valence-corrected chi connectivity index (χ4v) is 1.63. The van der Waals surface area contributed by atoms with Crippen molar-refractivity contribution in [2.75, 3.05) is 0 Å². The summed E-state index contributed by atoms with van der Waals surface area (Å²) in [6, 6.07) is 0. The molecule has 0 aromatic rings. The standard InChI is InChI=1S/C13H22O2/c1-7-12(14)15-13(5,6)9-11(4)8-10(2)3/h7,9-10H,1,8H2,2-6H3/b11-9+. The van der Waals surface area contributed by atoms with Gasteiger partial charge in [-0.1, -0.05) is 26.0 Å². The van der Waals surface area contributed by atoms with Crippen LogP contribution in [0.25, 0.3) is 0 Å². The minimum atomic E-state index is -0.551. The molecule has 2 nitrogen and oxygen atoms in total. The lowest BCUT2D eigenvalue weighted by molar-refractivity contribution is -0.146. The zero-order valence-corrected chi connectivity index (χ0v) is 10.5. The summed E-state index contributed by atoms with van der Waals surface area (Å²) in [7, 11) is 0. The molecule has 0 N–H and O–H groups in total. The van der Waals surface area contributed by atoms with Gasteiger partial charge in [-0.05, 0) is 39.2 Å². The molecule has 0 aliphatic carbocycles. The van der Waals surface area contributed by atoms with Crippen LogP contribution in [0.2, 0.25) is 0 Å². The molecule has 0 aliphatic heterocycles. The highest BCUT2D eigenvalue weighted by molar-refractivity contribution is 5.81. The first-order valence-electron chi connectivity index (χ1n) is 5.30. The van der Waals surface area contributed by atoms with Crippen LogP contribution < -0.4 is 0 Å². The molecule has 0 saturated heterocycles. The van der Waals surface area contributed by atoms with Crippen LogP contribution in [0.15, 0.2) is 24.3 Å². The van der Waals surface area contributed by atoms with Gasteiger partial charge in [-0.25, -0.2) is 4.79 Å². The van der Waals surface area contributed by atoms with E-state index in [9.17, 15) is 4.79 Å². The van der Waals surface area contributed by atoms with Crippen LogP contribution in [0.1, 0.15) is 41.0 Å². The molecule has 0 amide bonds. The van der Waals surface area contributed by atoms with Crippen molar-refractivity contribution in [2.45, 2.75) is 46.6 Å². The highest BCUT2D eigenvalue weighted by atomic mass is 16.6. The molecule has 2 heteroatoms. The minimum absolute atomic E-state index is 0.381. The van der Waals surface area contributed by atoms with Crippen LogP contribution >= 0.6 is 0 Å². The maximum absolute atomic E-state index is 11.1. The van der Waals surface area contributed by atoms with Crippen molar-refractivity contribution >= 4 is 5.97 Å². The lowest BCUT2D eigenvalue weighted by Gasteiger charge is -2.22. The zero-order chi connectivity index (χ0) is 12.1. The summed E-state index contributed by atoms with van der Waals surface area (Å²) in [4.78, 5) is 11.1. The average molecular weight is 210 g/mol. The van der Waals surface area contributed by atoms with Gasteiger partial charge in [0.1, 0.15) is 5.60 Å². The van der Waals surface area contributed by atoms with Gasteiger partial charge in [0.2, 0.25) is 0 Å². The Morgan fingerprint density at radius 1 is 1.47 bits per heavy atom. The molecule has 0 aromatic heterocycles. The Morgan fingerprint density at radius 2 is 2.00 bits per heavy atom. The van der Waals surface area contributed by atoms with E-state index in [0.29, 0.717) is 5.92 Å². The predicted octanol–water partition coefficient (Wildman–Crippen LogP) is 3.49. The summed E-state index contributed by atoms with van der Waals surface area (Å²) in [5.74, 6) is 0.237. The molecule has 0 spiro atoms. The SMILES string of the molecule is C=CC(=O)OC(C)(C)/C=C(\C)CC(C)C. The lowest BCUT2D eigenvalue weighted by Crippen LogP contribution is -2.25. The largest absolute Gasteiger partial charge is 0.452 e. The fraction of sp³-hybridized carbons (Fsp3) is 0.615. The number of rotatable bonds is 5. The molecular formula is C13H22O2. The molecule has 0 heterocycles. The second-order valence-corrected chi connectivity index (χ2v) is 4.82. The molecule has 0 bridgehead atoms. The van der Waals surface area contributed by atoms with Crippen LogP contribution in [0.3, 0.4) is 0 Å². The van der Waals surface area contributed by atoms with E-state index in [0.717, 1.165) is 6.42 Å². The van der Waals surface area contributed by atoms with Gasteiger partial charge in [-0.2, -0.15) is 0 Å². The molecule has 0 aromatic carbocycles. The topological polar surface area (TPSA) is 26.3 Å². The van der Waals surface area contributed by atoms with Crippen LogP contribution in [0.5, 0.6) is 0 Å². The summed E-state index contributed by atoms with van der Waals surface area (Å²) in [5.41, 5.74) is 0.691. The summed E-state index contributed by atoms with van der Waals surface area (Å²) < 4.78 is 5.21. The first-order chi connectivity index (χ1) is 6.76. The van der Waals surface area contributed by atoms with E-state index in [2.05, 4.69) is 27.4 Å². The van der Waals surface area contributed by atoms with Gasteiger partial charge >= 0.3 is 5.97 Å². The summed E-state index contributed by atoms with van der Waals surface area (Å²) in [6.07, 6.45) is 4.21. The monoisotopic (exact) mass is 210 g/mol. The van der Waals surface area contributed by atoms with Crippen molar-refractivity contribution in [3.63, 3.8) is 0 Å². The molecule has 0 saturated carbocycles. The Hall–Kier alpha value is -1.05. The van der Waals surface area contributed by atoms with E-state index in [1.807, 2.05) is 19.9 Å². The summed E-state index contributed by atoms with van der Waals surface area (Å²) in [6.45, 7) is 13.5. The number of hydrogen-bond acceptors (Lipinski definition) is 2. The quantitative estimate of drug-likeness (QED) is 0.394. The second kappa shape index (κ2) is 5.74. The van der Waals surface area contributed by atoms with E-state index in [-0.39, 0.29) is 5.97 Å². The Bertz CT molecular complexity index is 260. The van der Waals surface area contributed by atoms with Crippen molar-refractivity contribution in [3.8, 4) is 0 Å². The molecular weight excluding hydrogens is 188 g/mol. The average Bonchev–Trinajstić information content (AvgIpc) is 1.99. The van der Waals surface area contributed by atoms with Crippen LogP contribution in [-0.4, -0.2) is 11.6 Å². The van der Waals surface area contributed by atoms with Crippen molar-refractivity contribution in [1.82, 2.24) is 0 Å². The first-order valence-corrected chi connectivity index (χ1v) is 5.30. The van der Waals surface area contributed by atoms with Gasteiger partial charge in [0.05, 0.1) is 0 Å². The Kier molecular flexibility index (Phi) is 5.34. The summed E-state index contributed by atoms with van der Waals surface area (Å²) >= 11 is 0.